The Hall–Kier alpha value is -6.13. The topological polar surface area (TPSA) is 114 Å². The van der Waals surface area contributed by atoms with Crippen molar-refractivity contribution in [3.8, 4) is 17.1 Å². The number of aromatic amines is 1. The van der Waals surface area contributed by atoms with Crippen molar-refractivity contribution in [3.05, 3.63) is 101 Å². The van der Waals surface area contributed by atoms with E-state index >= 15 is 0 Å². The summed E-state index contributed by atoms with van der Waals surface area (Å²) >= 11 is 0. The molecule has 0 unspecified atom stereocenters. The zero-order valence-corrected chi connectivity index (χ0v) is 30.2. The lowest BCUT2D eigenvalue weighted by Gasteiger charge is -2.26. The number of benzene rings is 7. The first-order valence-electron chi connectivity index (χ1n) is 17.7. The second kappa shape index (κ2) is 10.9. The normalized spacial score (nSPS) is 13.8. The van der Waals surface area contributed by atoms with Crippen LogP contribution in [0.5, 0.6) is 5.75 Å². The van der Waals surface area contributed by atoms with Crippen LogP contribution in [0.25, 0.3) is 93.0 Å². The molecule has 256 valence electrons. The minimum absolute atomic E-state index is 0.0289. The first-order chi connectivity index (χ1) is 25.4. The zero-order valence-electron chi connectivity index (χ0n) is 29.4. The molecule has 12 rings (SSSR count). The summed E-state index contributed by atoms with van der Waals surface area (Å²) in [5.41, 5.74) is 4.17. The van der Waals surface area contributed by atoms with Crippen molar-refractivity contribution in [2.24, 2.45) is 0 Å². The van der Waals surface area contributed by atoms with Gasteiger partial charge in [0.05, 0.1) is 27.5 Å². The summed E-state index contributed by atoms with van der Waals surface area (Å²) in [6.07, 6.45) is 0. The Morgan fingerprint density at radius 3 is 2.13 bits per heavy atom. The van der Waals surface area contributed by atoms with Gasteiger partial charge in [-0.15, -0.1) is 0 Å². The molecule has 3 aromatic heterocycles. The van der Waals surface area contributed by atoms with Crippen LogP contribution >= 0.6 is 0 Å². The number of rotatable bonds is 0. The van der Waals surface area contributed by atoms with Crippen LogP contribution in [0.3, 0.4) is 0 Å². The number of carbonyl (C=O) groups excluding carboxylic acids is 1. The zero-order chi connectivity index (χ0) is 36.4. The lowest BCUT2D eigenvalue weighted by atomic mass is 9.83. The first-order valence-corrected chi connectivity index (χ1v) is 19.1. The summed E-state index contributed by atoms with van der Waals surface area (Å²) in [5.74, 6) is 0.422. The number of para-hydroxylation sites is 4. The van der Waals surface area contributed by atoms with E-state index in [-0.39, 0.29) is 22.1 Å². The molecule has 0 radical (unpaired) electrons. The van der Waals surface area contributed by atoms with Gasteiger partial charge in [0, 0.05) is 37.7 Å². The highest BCUT2D eigenvalue weighted by atomic mass is 32.2. The average Bonchev–Trinajstić information content (AvgIpc) is 3.77. The Morgan fingerprint density at radius 1 is 0.673 bits per heavy atom. The maximum absolute atomic E-state index is 14.2. The fraction of sp³-hybridized carbons (Fsp3) is 0.143. The van der Waals surface area contributed by atoms with Crippen LogP contribution in [0.4, 0.5) is 0 Å². The van der Waals surface area contributed by atoms with Crippen molar-refractivity contribution in [1.29, 1.82) is 0 Å². The van der Waals surface area contributed by atoms with Gasteiger partial charge in [-0.05, 0) is 59.3 Å². The summed E-state index contributed by atoms with van der Waals surface area (Å²) in [4.78, 5) is 36.6. The van der Waals surface area contributed by atoms with Crippen molar-refractivity contribution >= 4 is 97.6 Å². The maximum atomic E-state index is 14.2. The van der Waals surface area contributed by atoms with Gasteiger partial charge < -0.3 is 4.18 Å². The van der Waals surface area contributed by atoms with Gasteiger partial charge in [0.15, 0.2) is 16.8 Å². The number of aromatic nitrogens is 4. The van der Waals surface area contributed by atoms with Gasteiger partial charge in [0.2, 0.25) is 0 Å². The van der Waals surface area contributed by atoms with Crippen LogP contribution in [0.15, 0.2) is 94.6 Å². The lowest BCUT2D eigenvalue weighted by Crippen LogP contribution is -2.46. The summed E-state index contributed by atoms with van der Waals surface area (Å²) < 4.78 is 37.1. The minimum Gasteiger partial charge on any atom is -0.378 e. The largest absolute Gasteiger partial charge is 0.378 e. The van der Waals surface area contributed by atoms with E-state index in [0.717, 1.165) is 27.1 Å². The molecule has 52 heavy (non-hydrogen) atoms. The molecule has 9 nitrogen and oxygen atoms in total. The van der Waals surface area contributed by atoms with E-state index in [0.29, 0.717) is 71.5 Å². The third-order valence-electron chi connectivity index (χ3n) is 10.0. The van der Waals surface area contributed by atoms with Crippen LogP contribution in [-0.2, 0) is 10.1 Å². The van der Waals surface area contributed by atoms with Crippen molar-refractivity contribution in [1.82, 2.24) is 14.4 Å². The summed E-state index contributed by atoms with van der Waals surface area (Å²) in [5, 5.41) is 6.69. The molecule has 2 aliphatic rings. The molecule has 7 aromatic carbocycles. The van der Waals surface area contributed by atoms with E-state index in [4.69, 9.17) is 9.17 Å². The number of nitrogens with one attached hydrogen (secondary N) is 1. The van der Waals surface area contributed by atoms with Crippen molar-refractivity contribution in [3.63, 3.8) is 0 Å². The predicted molar refractivity (Wildman–Crippen MR) is 208 cm³/mol. The highest BCUT2D eigenvalue weighted by molar-refractivity contribution is 7.87. The lowest BCUT2D eigenvalue weighted by molar-refractivity contribution is -0.530. The number of pyridine rings is 1. The van der Waals surface area contributed by atoms with Crippen LogP contribution in [-0.4, -0.2) is 28.7 Å². The van der Waals surface area contributed by atoms with Gasteiger partial charge in [-0.1, -0.05) is 77.9 Å². The highest BCUT2D eigenvalue weighted by Crippen LogP contribution is 2.53. The third kappa shape index (κ3) is 3.64. The Kier molecular flexibility index (Phi) is 6.69. The predicted octanol–water partition coefficient (Wildman–Crippen LogP) is 9.09. The Balaban J connectivity index is 0.000000574. The fourth-order valence-electron chi connectivity index (χ4n) is 8.30. The molecule has 0 fully saturated rings. The second-order valence-corrected chi connectivity index (χ2v) is 13.7. The van der Waals surface area contributed by atoms with Gasteiger partial charge in [0.1, 0.15) is 10.5 Å². The van der Waals surface area contributed by atoms with Gasteiger partial charge in [-0.2, -0.15) is 13.0 Å². The number of carbonyl (C=O) groups is 1. The van der Waals surface area contributed by atoms with Crippen molar-refractivity contribution in [2.45, 2.75) is 46.4 Å². The standard InChI is InChI=1S/C36H14N4O5S.3C2H6/c41-35-18-12-10-16-15-9-11-17-27-20(36(42)39-23-7-3-1-5-21(23)37-33(17)39)13-25-31(29(15)27)32-26(46(43,44)45-25)14-19(28(18)30(16)32)34-38-22-6-2-4-8-24(22)40(34)35;3*1-2/h1-14H;3*1-2H3/p+1. The van der Waals surface area contributed by atoms with Crippen LogP contribution in [0, 0.1) is 0 Å². The van der Waals surface area contributed by atoms with Gasteiger partial charge in [-0.25, -0.2) is 14.8 Å². The van der Waals surface area contributed by atoms with E-state index in [2.05, 4.69) is 4.98 Å². The number of fused-ring (bicyclic) bond motifs is 9. The molecular formula is C42H33N4O5S+. The third-order valence-corrected chi connectivity index (χ3v) is 11.3. The van der Waals surface area contributed by atoms with Crippen molar-refractivity contribution < 1.29 is 22.0 Å². The summed E-state index contributed by atoms with van der Waals surface area (Å²) in [6, 6.07) is 25.9. The van der Waals surface area contributed by atoms with E-state index in [9.17, 15) is 18.0 Å². The first kappa shape index (κ1) is 31.8. The average molecular weight is 706 g/mol. The molecule has 0 bridgehead atoms. The molecule has 0 saturated heterocycles. The molecule has 10 heteroatoms. The highest BCUT2D eigenvalue weighted by Gasteiger charge is 2.40. The van der Waals surface area contributed by atoms with E-state index in [1.165, 1.54) is 0 Å². The van der Waals surface area contributed by atoms with Crippen molar-refractivity contribution in [2.75, 3.05) is 0 Å². The number of nitrogens with zero attached hydrogens (tertiary/aromatic N) is 3. The smallest absolute Gasteiger partial charge is 0.347 e. The number of hydrogen-bond acceptors (Lipinski definition) is 6. The second-order valence-electron chi connectivity index (χ2n) is 12.1. The molecular weight excluding hydrogens is 673 g/mol. The summed E-state index contributed by atoms with van der Waals surface area (Å²) in [7, 11) is -4.32. The van der Waals surface area contributed by atoms with Gasteiger partial charge in [-0.3, -0.25) is 9.20 Å². The molecule has 2 aliphatic heterocycles. The Labute approximate surface area is 297 Å². The molecule has 0 saturated carbocycles. The fourth-order valence-corrected chi connectivity index (χ4v) is 9.48. The quantitative estimate of drug-likeness (QED) is 0.0729. The monoisotopic (exact) mass is 705 g/mol. The molecule has 0 spiro atoms. The minimum atomic E-state index is -4.32. The summed E-state index contributed by atoms with van der Waals surface area (Å²) in [6.45, 7) is 12.0. The van der Waals surface area contributed by atoms with Gasteiger partial charge in [0.25, 0.3) is 11.4 Å². The van der Waals surface area contributed by atoms with E-state index in [1.54, 1.807) is 21.1 Å². The number of imidazole rings is 2. The number of H-pyrrole nitrogens is 1. The van der Waals surface area contributed by atoms with E-state index in [1.807, 2.05) is 114 Å². The van der Waals surface area contributed by atoms with Crippen LogP contribution in [0.1, 0.15) is 51.9 Å². The van der Waals surface area contributed by atoms with Gasteiger partial charge >= 0.3 is 16.0 Å². The molecule has 0 amide bonds. The molecule has 5 heterocycles. The Morgan fingerprint density at radius 2 is 1.35 bits per heavy atom. The Bertz CT molecular complexity index is 3340. The molecule has 0 aliphatic carbocycles. The SMILES string of the molecule is CC.CC.CC.O=C1c2ccc3c4ccc5c6c(cc7c(c8c(cc(c2c38)-c2[nH]c3ccccc3[n+]21)S(=O)(=O)O7)c46)c(=O)n1c2ccccc2nc51. The number of hydrogen-bond donors (Lipinski definition) is 1. The van der Waals surface area contributed by atoms with Crippen LogP contribution < -0.4 is 14.3 Å². The molecule has 0 atom stereocenters. The van der Waals surface area contributed by atoms with Crippen LogP contribution in [0.2, 0.25) is 0 Å². The van der Waals surface area contributed by atoms with E-state index < -0.39 is 10.1 Å². The maximum Gasteiger partial charge on any atom is 0.347 e. The molecule has 10 aromatic rings. The molecule has 1 N–H and O–H groups in total.